The van der Waals surface area contributed by atoms with Crippen molar-refractivity contribution in [1.29, 1.82) is 0 Å². The van der Waals surface area contributed by atoms with Gasteiger partial charge < -0.3 is 15.0 Å². The number of morpholine rings is 1. The molecule has 25 heavy (non-hydrogen) atoms. The summed E-state index contributed by atoms with van der Waals surface area (Å²) in [6.45, 7) is 6.55. The molecular formula is C18H28FIN4O. The van der Waals surface area contributed by atoms with Crippen LogP contribution in [0.4, 0.5) is 4.39 Å². The minimum absolute atomic E-state index is 0. The molecule has 7 heteroatoms. The van der Waals surface area contributed by atoms with E-state index in [0.29, 0.717) is 6.04 Å². The molecule has 2 heterocycles. The Balaban J connectivity index is 0.00000225. The Morgan fingerprint density at radius 2 is 2.12 bits per heavy atom. The number of rotatable bonds is 4. The van der Waals surface area contributed by atoms with E-state index in [9.17, 15) is 4.39 Å². The Morgan fingerprint density at radius 3 is 2.84 bits per heavy atom. The Labute approximate surface area is 166 Å². The van der Waals surface area contributed by atoms with Crippen molar-refractivity contribution >= 4 is 29.9 Å². The monoisotopic (exact) mass is 462 g/mol. The first kappa shape index (κ1) is 20.4. The SMILES string of the molecule is CN=C(NCCc1cccc(F)c1)N1CCC(N2CCOCC2)C1.I. The molecule has 3 rings (SSSR count). The largest absolute Gasteiger partial charge is 0.379 e. The van der Waals surface area contributed by atoms with Gasteiger partial charge in [-0.15, -0.1) is 24.0 Å². The van der Waals surface area contributed by atoms with E-state index in [1.165, 1.54) is 12.5 Å². The number of nitrogens with one attached hydrogen (secondary N) is 1. The molecule has 5 nitrogen and oxygen atoms in total. The molecule has 1 N–H and O–H groups in total. The van der Waals surface area contributed by atoms with Crippen molar-refractivity contribution in [2.45, 2.75) is 18.9 Å². The lowest BCUT2D eigenvalue weighted by molar-refractivity contribution is 0.0195. The molecule has 0 saturated carbocycles. The number of likely N-dealkylation sites (tertiary alicyclic amines) is 1. The van der Waals surface area contributed by atoms with Crippen LogP contribution in [0.15, 0.2) is 29.3 Å². The molecule has 1 aromatic carbocycles. The zero-order valence-electron chi connectivity index (χ0n) is 14.8. The maximum atomic E-state index is 13.2. The fraction of sp³-hybridized carbons (Fsp3) is 0.611. The summed E-state index contributed by atoms with van der Waals surface area (Å²) < 4.78 is 18.7. The fourth-order valence-corrected chi connectivity index (χ4v) is 3.52. The average molecular weight is 462 g/mol. The van der Waals surface area contributed by atoms with Crippen molar-refractivity contribution in [1.82, 2.24) is 15.1 Å². The summed E-state index contributed by atoms with van der Waals surface area (Å²) in [6.07, 6.45) is 1.96. The Hall–Kier alpha value is -0.930. The maximum Gasteiger partial charge on any atom is 0.193 e. The normalized spacial score (nSPS) is 21.9. The molecule has 1 aromatic rings. The van der Waals surface area contributed by atoms with Crippen LogP contribution in [0.3, 0.4) is 0 Å². The predicted molar refractivity (Wildman–Crippen MR) is 109 cm³/mol. The van der Waals surface area contributed by atoms with E-state index in [1.54, 1.807) is 12.1 Å². The minimum Gasteiger partial charge on any atom is -0.379 e. The highest BCUT2D eigenvalue weighted by molar-refractivity contribution is 14.0. The van der Waals surface area contributed by atoms with E-state index in [2.05, 4.69) is 20.1 Å². The third kappa shape index (κ3) is 5.79. The predicted octanol–water partition coefficient (Wildman–Crippen LogP) is 1.97. The first-order chi connectivity index (χ1) is 11.8. The molecule has 0 aromatic heterocycles. The van der Waals surface area contributed by atoms with Gasteiger partial charge in [-0.1, -0.05) is 12.1 Å². The summed E-state index contributed by atoms with van der Waals surface area (Å²) >= 11 is 0. The second-order valence-corrected chi connectivity index (χ2v) is 6.39. The molecule has 2 saturated heterocycles. The van der Waals surface area contributed by atoms with E-state index in [4.69, 9.17) is 4.74 Å². The summed E-state index contributed by atoms with van der Waals surface area (Å²) in [5, 5.41) is 3.41. The molecule has 0 amide bonds. The number of benzene rings is 1. The third-order valence-corrected chi connectivity index (χ3v) is 4.82. The smallest absolute Gasteiger partial charge is 0.193 e. The van der Waals surface area contributed by atoms with Gasteiger partial charge in [0.2, 0.25) is 0 Å². The number of aliphatic imine (C=N–C) groups is 1. The van der Waals surface area contributed by atoms with Gasteiger partial charge in [-0.2, -0.15) is 0 Å². The van der Waals surface area contributed by atoms with Crippen molar-refractivity contribution in [2.75, 3.05) is 53.0 Å². The molecule has 1 unspecified atom stereocenters. The molecular weight excluding hydrogens is 434 g/mol. The van der Waals surface area contributed by atoms with Gasteiger partial charge in [-0.25, -0.2) is 4.39 Å². The van der Waals surface area contributed by atoms with E-state index < -0.39 is 0 Å². The van der Waals surface area contributed by atoms with Crippen LogP contribution >= 0.6 is 24.0 Å². The lowest BCUT2D eigenvalue weighted by Crippen LogP contribution is -2.46. The lowest BCUT2D eigenvalue weighted by Gasteiger charge is -2.32. The van der Waals surface area contributed by atoms with Crippen molar-refractivity contribution in [3.05, 3.63) is 35.6 Å². The minimum atomic E-state index is -0.176. The van der Waals surface area contributed by atoms with Gasteiger partial charge in [0.15, 0.2) is 5.96 Å². The molecule has 0 spiro atoms. The van der Waals surface area contributed by atoms with E-state index in [0.717, 1.165) is 63.9 Å². The Morgan fingerprint density at radius 1 is 1.32 bits per heavy atom. The average Bonchev–Trinajstić information content (AvgIpc) is 3.09. The van der Waals surface area contributed by atoms with Crippen LogP contribution in [0.1, 0.15) is 12.0 Å². The third-order valence-electron chi connectivity index (χ3n) is 4.82. The van der Waals surface area contributed by atoms with E-state index >= 15 is 0 Å². The molecule has 2 fully saturated rings. The van der Waals surface area contributed by atoms with Crippen molar-refractivity contribution in [2.24, 2.45) is 4.99 Å². The van der Waals surface area contributed by atoms with Gasteiger partial charge >= 0.3 is 0 Å². The summed E-state index contributed by atoms with van der Waals surface area (Å²) in [5.74, 6) is 0.770. The lowest BCUT2D eigenvalue weighted by atomic mass is 10.1. The second-order valence-electron chi connectivity index (χ2n) is 6.39. The summed E-state index contributed by atoms with van der Waals surface area (Å²) in [4.78, 5) is 9.27. The van der Waals surface area contributed by atoms with Gasteiger partial charge in [0.05, 0.1) is 13.2 Å². The van der Waals surface area contributed by atoms with Crippen LogP contribution in [-0.4, -0.2) is 74.8 Å². The standard InChI is InChI=1S/C18H27FN4O.HI/c1-20-18(21-7-5-15-3-2-4-16(19)13-15)23-8-6-17(14-23)22-9-11-24-12-10-22;/h2-4,13,17H,5-12,14H2,1H3,(H,20,21);1H. The van der Waals surface area contributed by atoms with Crippen LogP contribution in [0.5, 0.6) is 0 Å². The van der Waals surface area contributed by atoms with Gasteiger partial charge in [-0.3, -0.25) is 9.89 Å². The van der Waals surface area contributed by atoms with Gasteiger partial charge in [0.1, 0.15) is 5.82 Å². The molecule has 0 radical (unpaired) electrons. The summed E-state index contributed by atoms with van der Waals surface area (Å²) in [5.41, 5.74) is 1.01. The zero-order valence-corrected chi connectivity index (χ0v) is 17.1. The fourth-order valence-electron chi connectivity index (χ4n) is 3.52. The number of hydrogen-bond donors (Lipinski definition) is 1. The highest BCUT2D eigenvalue weighted by atomic mass is 127. The zero-order chi connectivity index (χ0) is 16.8. The number of hydrogen-bond acceptors (Lipinski definition) is 3. The Bertz CT molecular complexity index is 566. The van der Waals surface area contributed by atoms with Gasteiger partial charge in [0.25, 0.3) is 0 Å². The molecule has 2 aliphatic heterocycles. The van der Waals surface area contributed by atoms with E-state index in [1.807, 2.05) is 13.1 Å². The molecule has 2 aliphatic rings. The maximum absolute atomic E-state index is 13.2. The van der Waals surface area contributed by atoms with Crippen LogP contribution in [0.2, 0.25) is 0 Å². The quantitative estimate of drug-likeness (QED) is 0.422. The first-order valence-corrected chi connectivity index (χ1v) is 8.78. The molecule has 1 atom stereocenters. The van der Waals surface area contributed by atoms with Gasteiger partial charge in [-0.05, 0) is 30.5 Å². The molecule has 0 bridgehead atoms. The van der Waals surface area contributed by atoms with Crippen molar-refractivity contribution in [3.63, 3.8) is 0 Å². The number of halogens is 2. The van der Waals surface area contributed by atoms with Crippen LogP contribution in [0, 0.1) is 5.82 Å². The number of ether oxygens (including phenoxy) is 1. The topological polar surface area (TPSA) is 40.1 Å². The van der Waals surface area contributed by atoms with E-state index in [-0.39, 0.29) is 29.8 Å². The number of guanidine groups is 1. The molecule has 140 valence electrons. The summed E-state index contributed by atoms with van der Waals surface area (Å²) in [6, 6.07) is 7.38. The van der Waals surface area contributed by atoms with Crippen LogP contribution < -0.4 is 5.32 Å². The van der Waals surface area contributed by atoms with Gasteiger partial charge in [0, 0.05) is 45.8 Å². The second kappa shape index (κ2) is 10.3. The molecule has 0 aliphatic carbocycles. The van der Waals surface area contributed by atoms with Crippen LogP contribution in [0.25, 0.3) is 0 Å². The Kier molecular flexibility index (Phi) is 8.38. The highest BCUT2D eigenvalue weighted by Crippen LogP contribution is 2.17. The first-order valence-electron chi connectivity index (χ1n) is 8.78. The highest BCUT2D eigenvalue weighted by Gasteiger charge is 2.30. The number of nitrogens with zero attached hydrogens (tertiary/aromatic N) is 3. The van der Waals surface area contributed by atoms with Crippen LogP contribution in [-0.2, 0) is 11.2 Å². The summed E-state index contributed by atoms with van der Waals surface area (Å²) in [7, 11) is 1.83. The van der Waals surface area contributed by atoms with Crippen molar-refractivity contribution in [3.8, 4) is 0 Å². The van der Waals surface area contributed by atoms with Crippen molar-refractivity contribution < 1.29 is 9.13 Å².